The summed E-state index contributed by atoms with van der Waals surface area (Å²) in [5.41, 5.74) is -0.414. The number of rotatable bonds is 4. The molecule has 0 radical (unpaired) electrons. The third-order valence-corrected chi connectivity index (χ3v) is 2.85. The molecule has 2 aromatic rings. The van der Waals surface area contributed by atoms with Gasteiger partial charge >= 0.3 is 5.97 Å². The normalized spacial score (nSPS) is 10.4. The van der Waals surface area contributed by atoms with Crippen LogP contribution < -0.4 is 10.3 Å². The number of benzene rings is 1. The molecule has 1 heterocycles. The predicted molar refractivity (Wildman–Crippen MR) is 71.9 cm³/mol. The standard InChI is InChI=1S/C14H13NO4/c1-3-6-15-12(14(17)18)8-9-7-10(19-2)4-5-11(9)13(15)16/h3-5,7-8H,1,6H2,2H3,(H,17,18). The van der Waals surface area contributed by atoms with Crippen molar-refractivity contribution >= 4 is 16.7 Å². The molecular weight excluding hydrogens is 246 g/mol. The molecule has 1 N–H and O–H groups in total. The van der Waals surface area contributed by atoms with Gasteiger partial charge in [0.05, 0.1) is 7.11 Å². The number of hydrogen-bond acceptors (Lipinski definition) is 3. The molecule has 0 saturated carbocycles. The molecule has 0 amide bonds. The number of ether oxygens (including phenoxy) is 1. The quantitative estimate of drug-likeness (QED) is 0.851. The van der Waals surface area contributed by atoms with Crippen molar-refractivity contribution in [2.45, 2.75) is 6.54 Å². The first-order valence-corrected chi connectivity index (χ1v) is 5.64. The maximum atomic E-state index is 12.3. The molecule has 19 heavy (non-hydrogen) atoms. The van der Waals surface area contributed by atoms with Crippen LogP contribution in [0, 0.1) is 0 Å². The smallest absolute Gasteiger partial charge is 0.352 e. The number of carbonyl (C=O) groups is 1. The zero-order valence-electron chi connectivity index (χ0n) is 10.4. The van der Waals surface area contributed by atoms with Gasteiger partial charge in [-0.1, -0.05) is 6.08 Å². The first-order valence-electron chi connectivity index (χ1n) is 5.64. The molecule has 98 valence electrons. The van der Waals surface area contributed by atoms with E-state index < -0.39 is 5.97 Å². The molecule has 0 bridgehead atoms. The fourth-order valence-corrected chi connectivity index (χ4v) is 1.95. The highest BCUT2D eigenvalue weighted by atomic mass is 16.5. The van der Waals surface area contributed by atoms with Crippen molar-refractivity contribution in [1.29, 1.82) is 0 Å². The lowest BCUT2D eigenvalue weighted by atomic mass is 10.1. The Balaban J connectivity index is 2.84. The highest BCUT2D eigenvalue weighted by molar-refractivity contribution is 5.92. The van der Waals surface area contributed by atoms with Gasteiger partial charge in [0.15, 0.2) is 0 Å². The van der Waals surface area contributed by atoms with Crippen molar-refractivity contribution < 1.29 is 14.6 Å². The molecule has 0 atom stereocenters. The first kappa shape index (κ1) is 12.9. The predicted octanol–water partition coefficient (Wildman–Crippen LogP) is 1.89. The third-order valence-electron chi connectivity index (χ3n) is 2.85. The number of aromatic carboxylic acids is 1. The fourth-order valence-electron chi connectivity index (χ4n) is 1.95. The van der Waals surface area contributed by atoms with Crippen molar-refractivity contribution in [3.8, 4) is 5.75 Å². The molecule has 5 heteroatoms. The van der Waals surface area contributed by atoms with Crippen molar-refractivity contribution in [1.82, 2.24) is 4.57 Å². The lowest BCUT2D eigenvalue weighted by Crippen LogP contribution is -2.25. The van der Waals surface area contributed by atoms with Crippen LogP contribution in [0.25, 0.3) is 10.8 Å². The van der Waals surface area contributed by atoms with E-state index in [-0.39, 0.29) is 17.8 Å². The van der Waals surface area contributed by atoms with Crippen LogP contribution in [0.4, 0.5) is 0 Å². The Labute approximate surface area is 109 Å². The molecule has 2 rings (SSSR count). The van der Waals surface area contributed by atoms with Gasteiger partial charge in [0.2, 0.25) is 0 Å². The highest BCUT2D eigenvalue weighted by Crippen LogP contribution is 2.19. The molecule has 5 nitrogen and oxygen atoms in total. The fraction of sp³-hybridized carbons (Fsp3) is 0.143. The van der Waals surface area contributed by atoms with Crippen molar-refractivity contribution in [3.05, 3.63) is 53.0 Å². The van der Waals surface area contributed by atoms with Crippen LogP contribution >= 0.6 is 0 Å². The Morgan fingerprint density at radius 2 is 2.21 bits per heavy atom. The molecule has 0 aliphatic rings. The van der Waals surface area contributed by atoms with Crippen molar-refractivity contribution in [2.24, 2.45) is 0 Å². The Kier molecular flexibility index (Phi) is 3.37. The second-order valence-electron chi connectivity index (χ2n) is 3.99. The van der Waals surface area contributed by atoms with E-state index in [2.05, 4.69) is 6.58 Å². The zero-order valence-corrected chi connectivity index (χ0v) is 10.4. The molecule has 0 spiro atoms. The van der Waals surface area contributed by atoms with Gasteiger partial charge in [0.25, 0.3) is 5.56 Å². The van der Waals surface area contributed by atoms with Crippen LogP contribution in [0.1, 0.15) is 10.5 Å². The number of carboxylic acids is 1. The van der Waals surface area contributed by atoms with Crippen LogP contribution in [-0.4, -0.2) is 22.8 Å². The summed E-state index contributed by atoms with van der Waals surface area (Å²) in [5.74, 6) is -0.576. The van der Waals surface area contributed by atoms with E-state index in [0.29, 0.717) is 16.5 Å². The van der Waals surface area contributed by atoms with Gasteiger partial charge in [-0.3, -0.25) is 9.36 Å². The van der Waals surface area contributed by atoms with E-state index in [1.54, 1.807) is 18.2 Å². The second kappa shape index (κ2) is 4.97. The Bertz CT molecular complexity index is 715. The molecule has 0 aliphatic heterocycles. The molecule has 0 aliphatic carbocycles. The lowest BCUT2D eigenvalue weighted by Gasteiger charge is -2.10. The minimum Gasteiger partial charge on any atom is -0.497 e. The average molecular weight is 259 g/mol. The summed E-state index contributed by atoms with van der Waals surface area (Å²) in [6.45, 7) is 3.69. The number of aromatic nitrogens is 1. The summed E-state index contributed by atoms with van der Waals surface area (Å²) in [6.07, 6.45) is 1.49. The summed E-state index contributed by atoms with van der Waals surface area (Å²) < 4.78 is 6.25. The topological polar surface area (TPSA) is 68.5 Å². The van der Waals surface area contributed by atoms with Crippen molar-refractivity contribution in [2.75, 3.05) is 7.11 Å². The van der Waals surface area contributed by atoms with Gasteiger partial charge in [-0.2, -0.15) is 0 Å². The van der Waals surface area contributed by atoms with E-state index in [9.17, 15) is 14.7 Å². The SMILES string of the molecule is C=CCn1c(C(=O)O)cc2cc(OC)ccc2c1=O. The Hall–Kier alpha value is -2.56. The number of nitrogens with zero attached hydrogens (tertiary/aromatic N) is 1. The summed E-state index contributed by atoms with van der Waals surface area (Å²) in [5, 5.41) is 10.2. The number of pyridine rings is 1. The monoisotopic (exact) mass is 259 g/mol. The van der Waals surface area contributed by atoms with E-state index in [1.807, 2.05) is 0 Å². The van der Waals surface area contributed by atoms with Crippen LogP contribution in [0.2, 0.25) is 0 Å². The van der Waals surface area contributed by atoms with E-state index in [1.165, 1.54) is 23.8 Å². The van der Waals surface area contributed by atoms with Gasteiger partial charge in [0, 0.05) is 11.9 Å². The third kappa shape index (κ3) is 2.22. The summed E-state index contributed by atoms with van der Waals surface area (Å²) >= 11 is 0. The van der Waals surface area contributed by atoms with Gasteiger partial charge in [0.1, 0.15) is 11.4 Å². The number of hydrogen-bond donors (Lipinski definition) is 1. The molecule has 0 saturated heterocycles. The minimum absolute atomic E-state index is 0.0642. The Morgan fingerprint density at radius 3 is 2.79 bits per heavy atom. The molecule has 0 fully saturated rings. The molecule has 1 aromatic carbocycles. The van der Waals surface area contributed by atoms with E-state index in [0.717, 1.165) is 0 Å². The second-order valence-corrected chi connectivity index (χ2v) is 3.99. The largest absolute Gasteiger partial charge is 0.497 e. The lowest BCUT2D eigenvalue weighted by molar-refractivity contribution is 0.0684. The Morgan fingerprint density at radius 1 is 1.47 bits per heavy atom. The van der Waals surface area contributed by atoms with Crippen LogP contribution in [0.15, 0.2) is 41.7 Å². The van der Waals surface area contributed by atoms with Gasteiger partial charge in [-0.05, 0) is 29.7 Å². The summed E-state index contributed by atoms with van der Waals surface area (Å²) in [6, 6.07) is 6.40. The number of fused-ring (bicyclic) bond motifs is 1. The van der Waals surface area contributed by atoms with Gasteiger partial charge in [-0.25, -0.2) is 4.79 Å². The zero-order chi connectivity index (χ0) is 14.0. The highest BCUT2D eigenvalue weighted by Gasteiger charge is 2.14. The van der Waals surface area contributed by atoms with Crippen LogP contribution in [-0.2, 0) is 6.54 Å². The van der Waals surface area contributed by atoms with Gasteiger partial charge in [-0.15, -0.1) is 6.58 Å². The summed E-state index contributed by atoms with van der Waals surface area (Å²) in [4.78, 5) is 23.5. The molecule has 0 unspecified atom stereocenters. The minimum atomic E-state index is -1.15. The summed E-state index contributed by atoms with van der Waals surface area (Å²) in [7, 11) is 1.51. The molecular formula is C14H13NO4. The maximum Gasteiger partial charge on any atom is 0.352 e. The van der Waals surface area contributed by atoms with E-state index >= 15 is 0 Å². The average Bonchev–Trinajstić information content (AvgIpc) is 2.41. The van der Waals surface area contributed by atoms with E-state index in [4.69, 9.17) is 4.74 Å². The molecule has 1 aromatic heterocycles. The number of allylic oxidation sites excluding steroid dienone is 1. The van der Waals surface area contributed by atoms with Gasteiger partial charge < -0.3 is 9.84 Å². The maximum absolute atomic E-state index is 12.3. The van der Waals surface area contributed by atoms with Crippen LogP contribution in [0.5, 0.6) is 5.75 Å². The number of methoxy groups -OCH3 is 1. The number of carboxylic acid groups (broad SMARTS) is 1. The van der Waals surface area contributed by atoms with Crippen LogP contribution in [0.3, 0.4) is 0 Å². The van der Waals surface area contributed by atoms with Crippen molar-refractivity contribution in [3.63, 3.8) is 0 Å². The first-order chi connectivity index (χ1) is 9.08.